The number of aromatic amines is 1. The van der Waals surface area contributed by atoms with Gasteiger partial charge in [-0.25, -0.2) is 0 Å². The topological polar surface area (TPSA) is 131 Å². The second-order valence-electron chi connectivity index (χ2n) is 6.53. The van der Waals surface area contributed by atoms with Crippen LogP contribution in [0.25, 0.3) is 10.9 Å². The van der Waals surface area contributed by atoms with E-state index in [9.17, 15) is 4.79 Å². The molecule has 0 spiro atoms. The number of H-pyrrole nitrogens is 1. The largest absolute Gasteiger partial charge is 0.497 e. The second-order valence-corrected chi connectivity index (χ2v) is 6.53. The highest BCUT2D eigenvalue weighted by molar-refractivity contribution is 6.08. The van der Waals surface area contributed by atoms with Crippen LogP contribution in [0.3, 0.4) is 0 Å². The zero-order valence-electron chi connectivity index (χ0n) is 15.3. The fraction of sp³-hybridized carbons (Fsp3) is 0.150. The highest BCUT2D eigenvalue weighted by Gasteiger charge is 2.19. The first-order valence-corrected chi connectivity index (χ1v) is 8.80. The molecule has 6 N–H and O–H groups in total. The molecule has 1 heterocycles. The summed E-state index contributed by atoms with van der Waals surface area (Å²) in [5, 5.41) is 11.7. The van der Waals surface area contributed by atoms with Gasteiger partial charge >= 0.3 is 0 Å². The van der Waals surface area contributed by atoms with Gasteiger partial charge in [0.25, 0.3) is 5.91 Å². The third-order valence-corrected chi connectivity index (χ3v) is 4.66. The number of nitrogens with two attached hydrogens (primary N) is 2. The summed E-state index contributed by atoms with van der Waals surface area (Å²) in [6.07, 6.45) is 1.58. The molecule has 1 aromatic heterocycles. The van der Waals surface area contributed by atoms with Crippen molar-refractivity contribution in [1.29, 1.82) is 0 Å². The molecule has 1 aliphatic carbocycles. The van der Waals surface area contributed by atoms with Gasteiger partial charge in [0, 0.05) is 22.2 Å². The number of methoxy groups -OCH3 is 1. The number of amides is 1. The van der Waals surface area contributed by atoms with Crippen molar-refractivity contribution < 1.29 is 9.53 Å². The SMILES string of the molecule is COc1ccc2[nH]c(C(=O)Nc3ccc4c(c3)CC/C4=N\N=C(N)N)cc2c1. The summed E-state index contributed by atoms with van der Waals surface area (Å²) in [7, 11) is 1.61. The number of fused-ring (bicyclic) bond motifs is 2. The molecule has 0 saturated carbocycles. The minimum atomic E-state index is -0.206. The molecule has 3 aromatic rings. The Morgan fingerprint density at radius 2 is 2.00 bits per heavy atom. The van der Waals surface area contributed by atoms with Gasteiger partial charge in [0.1, 0.15) is 11.4 Å². The maximum Gasteiger partial charge on any atom is 0.272 e. The third-order valence-electron chi connectivity index (χ3n) is 4.66. The molecule has 1 aliphatic rings. The first-order valence-electron chi connectivity index (χ1n) is 8.80. The lowest BCUT2D eigenvalue weighted by Gasteiger charge is -2.06. The highest BCUT2D eigenvalue weighted by atomic mass is 16.5. The van der Waals surface area contributed by atoms with E-state index in [1.54, 1.807) is 13.2 Å². The lowest BCUT2D eigenvalue weighted by molar-refractivity contribution is 0.102. The van der Waals surface area contributed by atoms with Crippen molar-refractivity contribution in [2.45, 2.75) is 12.8 Å². The van der Waals surface area contributed by atoms with E-state index >= 15 is 0 Å². The average Bonchev–Trinajstić information content (AvgIpc) is 3.29. The normalized spacial score (nSPS) is 14.1. The number of anilines is 1. The summed E-state index contributed by atoms with van der Waals surface area (Å²) in [4.78, 5) is 15.8. The van der Waals surface area contributed by atoms with E-state index in [0.29, 0.717) is 5.69 Å². The number of guanidine groups is 1. The van der Waals surface area contributed by atoms with Crippen LogP contribution in [-0.4, -0.2) is 29.7 Å². The van der Waals surface area contributed by atoms with Gasteiger partial charge in [-0.1, -0.05) is 6.07 Å². The van der Waals surface area contributed by atoms with E-state index in [1.807, 2.05) is 36.4 Å². The minimum Gasteiger partial charge on any atom is -0.497 e. The molecule has 0 atom stereocenters. The van der Waals surface area contributed by atoms with Gasteiger partial charge in [-0.15, -0.1) is 5.10 Å². The van der Waals surface area contributed by atoms with E-state index in [4.69, 9.17) is 16.2 Å². The molecule has 0 bridgehead atoms. The number of nitrogens with zero attached hydrogens (tertiary/aromatic N) is 2. The summed E-state index contributed by atoms with van der Waals surface area (Å²) in [6.45, 7) is 0. The summed E-state index contributed by atoms with van der Waals surface area (Å²) in [5.41, 5.74) is 15.7. The number of nitrogens with one attached hydrogen (secondary N) is 2. The van der Waals surface area contributed by atoms with Gasteiger partial charge in [0.15, 0.2) is 0 Å². The molecular formula is C20H20N6O2. The van der Waals surface area contributed by atoms with Gasteiger partial charge in [-0.3, -0.25) is 4.79 Å². The van der Waals surface area contributed by atoms with E-state index in [2.05, 4.69) is 20.5 Å². The van der Waals surface area contributed by atoms with Crippen molar-refractivity contribution in [3.8, 4) is 5.75 Å². The first-order chi connectivity index (χ1) is 13.5. The number of carbonyl (C=O) groups is 1. The van der Waals surface area contributed by atoms with Crippen molar-refractivity contribution in [1.82, 2.24) is 4.98 Å². The molecule has 2 aromatic carbocycles. The number of benzene rings is 2. The van der Waals surface area contributed by atoms with E-state index in [-0.39, 0.29) is 11.9 Å². The zero-order valence-corrected chi connectivity index (χ0v) is 15.3. The zero-order chi connectivity index (χ0) is 19.7. The number of hydrogen-bond acceptors (Lipinski definition) is 4. The molecule has 0 radical (unpaired) electrons. The van der Waals surface area contributed by atoms with Crippen molar-refractivity contribution in [3.63, 3.8) is 0 Å². The van der Waals surface area contributed by atoms with Crippen LogP contribution in [0.2, 0.25) is 0 Å². The van der Waals surface area contributed by atoms with Crippen LogP contribution in [0.1, 0.15) is 28.0 Å². The van der Waals surface area contributed by atoms with E-state index in [0.717, 1.165) is 52.0 Å². The Morgan fingerprint density at radius 3 is 2.79 bits per heavy atom. The smallest absolute Gasteiger partial charge is 0.272 e. The fourth-order valence-corrected chi connectivity index (χ4v) is 3.33. The molecule has 142 valence electrons. The summed E-state index contributed by atoms with van der Waals surface area (Å²) >= 11 is 0. The molecular weight excluding hydrogens is 356 g/mol. The average molecular weight is 376 g/mol. The van der Waals surface area contributed by atoms with Crippen LogP contribution in [-0.2, 0) is 6.42 Å². The van der Waals surface area contributed by atoms with Crippen LogP contribution < -0.4 is 21.5 Å². The molecule has 0 saturated heterocycles. The Balaban J connectivity index is 1.54. The van der Waals surface area contributed by atoms with Gasteiger partial charge in [0.05, 0.1) is 12.8 Å². The standard InChI is InChI=1S/C20H20N6O2/c1-28-14-4-7-16-12(9-14)10-18(24-16)19(27)23-13-3-5-15-11(8-13)2-6-17(15)25-26-20(21)22/h3-5,7-10,24H,2,6H2,1H3,(H,23,27)(H4,21,22,26)/b25-17+. The summed E-state index contributed by atoms with van der Waals surface area (Å²) in [5.74, 6) is 0.471. The van der Waals surface area contributed by atoms with Crippen molar-refractivity contribution in [3.05, 3.63) is 59.3 Å². The summed E-state index contributed by atoms with van der Waals surface area (Å²) < 4.78 is 5.22. The molecule has 28 heavy (non-hydrogen) atoms. The Kier molecular flexibility index (Phi) is 4.44. The van der Waals surface area contributed by atoms with Crippen LogP contribution in [0.15, 0.2) is 52.7 Å². The fourth-order valence-electron chi connectivity index (χ4n) is 3.33. The number of aromatic nitrogens is 1. The van der Waals surface area contributed by atoms with Crippen molar-refractivity contribution in [2.75, 3.05) is 12.4 Å². The third kappa shape index (κ3) is 3.39. The van der Waals surface area contributed by atoms with Gasteiger partial charge in [0.2, 0.25) is 5.96 Å². The van der Waals surface area contributed by atoms with Crippen LogP contribution in [0.4, 0.5) is 5.69 Å². The van der Waals surface area contributed by atoms with Crippen LogP contribution in [0.5, 0.6) is 5.75 Å². The Morgan fingerprint density at radius 1 is 1.14 bits per heavy atom. The molecule has 1 amide bonds. The lowest BCUT2D eigenvalue weighted by atomic mass is 10.1. The van der Waals surface area contributed by atoms with Crippen LogP contribution >= 0.6 is 0 Å². The molecule has 0 fully saturated rings. The van der Waals surface area contributed by atoms with Gasteiger partial charge in [-0.2, -0.15) is 5.10 Å². The Labute approximate surface area is 161 Å². The Bertz CT molecular complexity index is 1120. The number of hydrogen-bond donors (Lipinski definition) is 4. The molecule has 8 heteroatoms. The maximum atomic E-state index is 12.6. The van der Waals surface area contributed by atoms with Crippen molar-refractivity contribution >= 4 is 34.2 Å². The number of aryl methyl sites for hydroxylation is 1. The number of rotatable bonds is 4. The molecule has 0 aliphatic heterocycles. The first kappa shape index (κ1) is 17.6. The predicted octanol–water partition coefficient (Wildman–Crippen LogP) is 2.35. The lowest BCUT2D eigenvalue weighted by Crippen LogP contribution is -2.22. The minimum absolute atomic E-state index is 0.0687. The predicted molar refractivity (Wildman–Crippen MR) is 110 cm³/mol. The number of carbonyl (C=O) groups excluding carboxylic acids is 1. The number of ether oxygens (including phenoxy) is 1. The molecule has 0 unspecified atom stereocenters. The highest BCUT2D eigenvalue weighted by Crippen LogP contribution is 2.27. The second kappa shape index (κ2) is 7.07. The Hall–Kier alpha value is -3.81. The quantitative estimate of drug-likeness (QED) is 0.316. The van der Waals surface area contributed by atoms with E-state index < -0.39 is 0 Å². The van der Waals surface area contributed by atoms with E-state index in [1.165, 1.54) is 0 Å². The van der Waals surface area contributed by atoms with Crippen LogP contribution in [0, 0.1) is 0 Å². The maximum absolute atomic E-state index is 12.6. The summed E-state index contributed by atoms with van der Waals surface area (Å²) in [6, 6.07) is 13.2. The van der Waals surface area contributed by atoms with Crippen molar-refractivity contribution in [2.24, 2.45) is 21.7 Å². The monoisotopic (exact) mass is 376 g/mol. The molecule has 8 nitrogen and oxygen atoms in total. The van der Waals surface area contributed by atoms with Gasteiger partial charge in [-0.05, 0) is 54.8 Å². The molecule has 4 rings (SSSR count). The van der Waals surface area contributed by atoms with Gasteiger partial charge < -0.3 is 26.5 Å².